The van der Waals surface area contributed by atoms with E-state index in [1.165, 1.54) is 0 Å². The number of halogens is 1. The topological polar surface area (TPSA) is 64.7 Å². The van der Waals surface area contributed by atoms with E-state index in [-0.39, 0.29) is 30.2 Å². The van der Waals surface area contributed by atoms with Gasteiger partial charge in [0.1, 0.15) is 0 Å². The van der Waals surface area contributed by atoms with Gasteiger partial charge >= 0.3 is 7.12 Å². The van der Waals surface area contributed by atoms with Gasteiger partial charge in [0.05, 0.1) is 17.8 Å². The van der Waals surface area contributed by atoms with Crippen molar-refractivity contribution in [2.45, 2.75) is 52.0 Å². The van der Waals surface area contributed by atoms with Crippen molar-refractivity contribution >= 4 is 25.0 Å². The van der Waals surface area contributed by atoms with Crippen LogP contribution in [-0.2, 0) is 22.5 Å². The van der Waals surface area contributed by atoms with Gasteiger partial charge in [-0.1, -0.05) is 18.2 Å². The highest BCUT2D eigenvalue weighted by Gasteiger charge is 2.51. The summed E-state index contributed by atoms with van der Waals surface area (Å²) in [4.78, 5) is 0. The summed E-state index contributed by atoms with van der Waals surface area (Å²) in [5.74, 6) is 0. The van der Waals surface area contributed by atoms with Gasteiger partial charge in [-0.15, -0.1) is 12.4 Å². The maximum absolute atomic E-state index is 9.38. The fraction of sp³-hybridized carbons (Fsp3) is 0.571. The van der Waals surface area contributed by atoms with Gasteiger partial charge in [-0.3, -0.25) is 0 Å². The number of benzene rings is 1. The Hall–Kier alpha value is -0.585. The SMILES string of the molecule is CC1(C)OB(c2ccc(CN)c(CO)c2)OC1(C)C.Cl. The van der Waals surface area contributed by atoms with Crippen LogP contribution < -0.4 is 11.2 Å². The Kier molecular flexibility index (Phi) is 5.27. The lowest BCUT2D eigenvalue weighted by Gasteiger charge is -2.32. The maximum atomic E-state index is 9.38. The van der Waals surface area contributed by atoms with E-state index in [1.807, 2.05) is 45.9 Å². The summed E-state index contributed by atoms with van der Waals surface area (Å²) < 4.78 is 12.0. The first-order chi connectivity index (χ1) is 8.80. The summed E-state index contributed by atoms with van der Waals surface area (Å²) in [7, 11) is -0.401. The third kappa shape index (κ3) is 3.02. The number of aliphatic hydroxyl groups excluding tert-OH is 1. The quantitative estimate of drug-likeness (QED) is 0.827. The molecule has 0 spiro atoms. The Morgan fingerprint density at radius 3 is 2.10 bits per heavy atom. The standard InChI is InChI=1S/C14H22BNO3.ClH/c1-13(2)14(3,4)19-15(18-13)12-6-5-10(8-16)11(7-12)9-17;/h5-7,17H,8-9,16H2,1-4H3;1H. The van der Waals surface area contributed by atoms with Crippen molar-refractivity contribution in [1.29, 1.82) is 0 Å². The van der Waals surface area contributed by atoms with Crippen molar-refractivity contribution < 1.29 is 14.4 Å². The van der Waals surface area contributed by atoms with Crippen LogP contribution in [0.5, 0.6) is 0 Å². The normalized spacial score (nSPS) is 19.8. The maximum Gasteiger partial charge on any atom is 0.494 e. The first-order valence-electron chi connectivity index (χ1n) is 6.59. The lowest BCUT2D eigenvalue weighted by molar-refractivity contribution is 0.00578. The van der Waals surface area contributed by atoms with E-state index in [4.69, 9.17) is 15.0 Å². The van der Waals surface area contributed by atoms with Crippen LogP contribution in [0.3, 0.4) is 0 Å². The molecule has 0 bridgehead atoms. The largest absolute Gasteiger partial charge is 0.494 e. The van der Waals surface area contributed by atoms with E-state index in [1.54, 1.807) is 0 Å². The number of aliphatic hydroxyl groups is 1. The van der Waals surface area contributed by atoms with E-state index in [2.05, 4.69) is 0 Å². The second kappa shape index (κ2) is 6.04. The Morgan fingerprint density at radius 1 is 1.10 bits per heavy atom. The molecule has 6 heteroatoms. The van der Waals surface area contributed by atoms with Crippen LogP contribution in [-0.4, -0.2) is 23.4 Å². The van der Waals surface area contributed by atoms with Crippen LogP contribution in [0.25, 0.3) is 0 Å². The van der Waals surface area contributed by atoms with E-state index >= 15 is 0 Å². The van der Waals surface area contributed by atoms with Gasteiger partial charge in [0.25, 0.3) is 0 Å². The number of rotatable bonds is 3. The fourth-order valence-electron chi connectivity index (χ4n) is 2.12. The molecule has 1 aliphatic rings. The first-order valence-corrected chi connectivity index (χ1v) is 6.59. The molecule has 3 N–H and O–H groups in total. The lowest BCUT2D eigenvalue weighted by Crippen LogP contribution is -2.41. The molecule has 0 aliphatic carbocycles. The summed E-state index contributed by atoms with van der Waals surface area (Å²) in [5.41, 5.74) is 7.62. The van der Waals surface area contributed by atoms with Gasteiger partial charge in [0.15, 0.2) is 0 Å². The molecule has 2 rings (SSSR count). The zero-order chi connectivity index (χ0) is 14.3. The van der Waals surface area contributed by atoms with Crippen molar-refractivity contribution in [1.82, 2.24) is 0 Å². The minimum Gasteiger partial charge on any atom is -0.399 e. The summed E-state index contributed by atoms with van der Waals surface area (Å²) in [6, 6.07) is 5.78. The van der Waals surface area contributed by atoms with Gasteiger partial charge in [0.2, 0.25) is 0 Å². The van der Waals surface area contributed by atoms with Crippen LogP contribution in [0.2, 0.25) is 0 Å². The molecule has 0 saturated carbocycles. The molecule has 1 aromatic rings. The molecule has 0 atom stereocenters. The van der Waals surface area contributed by atoms with Crippen LogP contribution >= 0.6 is 12.4 Å². The molecule has 1 saturated heterocycles. The Balaban J connectivity index is 0.00000200. The minimum absolute atomic E-state index is 0. The molecule has 4 nitrogen and oxygen atoms in total. The molecule has 0 unspecified atom stereocenters. The molecular formula is C14H23BClNO3. The monoisotopic (exact) mass is 299 g/mol. The van der Waals surface area contributed by atoms with Gasteiger partial charge in [-0.05, 0) is 44.3 Å². The van der Waals surface area contributed by atoms with Crippen molar-refractivity contribution in [2.24, 2.45) is 5.73 Å². The molecule has 1 aliphatic heterocycles. The van der Waals surface area contributed by atoms with Gasteiger partial charge < -0.3 is 20.1 Å². The first kappa shape index (κ1) is 17.5. The summed E-state index contributed by atoms with van der Waals surface area (Å²) >= 11 is 0. The van der Waals surface area contributed by atoms with E-state index in [9.17, 15) is 5.11 Å². The molecule has 0 radical (unpaired) electrons. The molecule has 1 fully saturated rings. The van der Waals surface area contributed by atoms with Crippen molar-refractivity contribution in [3.63, 3.8) is 0 Å². The molecule has 112 valence electrons. The van der Waals surface area contributed by atoms with Crippen molar-refractivity contribution in [3.05, 3.63) is 29.3 Å². The van der Waals surface area contributed by atoms with E-state index in [0.717, 1.165) is 16.6 Å². The smallest absolute Gasteiger partial charge is 0.399 e. The lowest BCUT2D eigenvalue weighted by atomic mass is 9.77. The van der Waals surface area contributed by atoms with Gasteiger partial charge in [-0.2, -0.15) is 0 Å². The highest BCUT2D eigenvalue weighted by Crippen LogP contribution is 2.36. The second-order valence-corrected chi connectivity index (χ2v) is 5.98. The van der Waals surface area contributed by atoms with Crippen LogP contribution in [0, 0.1) is 0 Å². The zero-order valence-electron chi connectivity index (χ0n) is 12.5. The zero-order valence-corrected chi connectivity index (χ0v) is 13.3. The average Bonchev–Trinajstić information content (AvgIpc) is 2.57. The molecule has 1 aromatic carbocycles. The van der Waals surface area contributed by atoms with Gasteiger partial charge in [-0.25, -0.2) is 0 Å². The Bertz CT molecular complexity index is 463. The average molecular weight is 300 g/mol. The Morgan fingerprint density at radius 2 is 1.65 bits per heavy atom. The molecular weight excluding hydrogens is 276 g/mol. The van der Waals surface area contributed by atoms with E-state index in [0.29, 0.717) is 6.54 Å². The number of hydrogen-bond acceptors (Lipinski definition) is 4. The third-order valence-corrected chi connectivity index (χ3v) is 4.15. The highest BCUT2D eigenvalue weighted by molar-refractivity contribution is 6.62. The van der Waals surface area contributed by atoms with Crippen LogP contribution in [0.4, 0.5) is 0 Å². The van der Waals surface area contributed by atoms with Crippen LogP contribution in [0.15, 0.2) is 18.2 Å². The second-order valence-electron chi connectivity index (χ2n) is 5.98. The molecule has 0 aromatic heterocycles. The predicted molar refractivity (Wildman–Crippen MR) is 83.2 cm³/mol. The van der Waals surface area contributed by atoms with Crippen molar-refractivity contribution in [3.8, 4) is 0 Å². The molecule has 1 heterocycles. The number of nitrogens with two attached hydrogens (primary N) is 1. The molecule has 20 heavy (non-hydrogen) atoms. The predicted octanol–water partition coefficient (Wildman–Crippen LogP) is 1.36. The fourth-order valence-corrected chi connectivity index (χ4v) is 2.12. The highest BCUT2D eigenvalue weighted by atomic mass is 35.5. The number of hydrogen-bond donors (Lipinski definition) is 2. The minimum atomic E-state index is -0.401. The summed E-state index contributed by atoms with van der Waals surface area (Å²) in [5, 5.41) is 9.38. The summed E-state index contributed by atoms with van der Waals surface area (Å²) in [6.45, 7) is 8.48. The van der Waals surface area contributed by atoms with Gasteiger partial charge in [0, 0.05) is 6.54 Å². The van der Waals surface area contributed by atoms with E-state index < -0.39 is 7.12 Å². The Labute approximate surface area is 127 Å². The van der Waals surface area contributed by atoms with Crippen LogP contribution in [0.1, 0.15) is 38.8 Å². The summed E-state index contributed by atoms with van der Waals surface area (Å²) in [6.07, 6.45) is 0. The molecule has 0 amide bonds. The van der Waals surface area contributed by atoms with Crippen molar-refractivity contribution in [2.75, 3.05) is 0 Å². The third-order valence-electron chi connectivity index (χ3n) is 4.15.